The van der Waals surface area contributed by atoms with Gasteiger partial charge in [-0.2, -0.15) is 0 Å². The zero-order valence-corrected chi connectivity index (χ0v) is 13.2. The van der Waals surface area contributed by atoms with Gasteiger partial charge in [-0.25, -0.2) is 4.98 Å². The lowest BCUT2D eigenvalue weighted by Crippen LogP contribution is -2.03. The molecule has 2 aromatic heterocycles. The van der Waals surface area contributed by atoms with Crippen molar-refractivity contribution < 1.29 is 0 Å². The maximum atomic E-state index is 4.31. The van der Waals surface area contributed by atoms with Gasteiger partial charge in [-0.05, 0) is 18.8 Å². The predicted molar refractivity (Wildman–Crippen MR) is 83.9 cm³/mol. The predicted octanol–water partition coefficient (Wildman–Crippen LogP) is 3.33. The molecule has 0 saturated heterocycles. The molecule has 6 heteroatoms. The minimum absolute atomic E-state index is 0.772. The van der Waals surface area contributed by atoms with Crippen molar-refractivity contribution in [2.24, 2.45) is 13.0 Å². The standard InChI is InChI=1S/C15H21N5S/c1-20-14(13-10-16-8-9-17-13)18-19-15(20)21-11-12-6-4-2-3-5-7-12/h8-10,12H,2-7,11H2,1H3. The number of hydrogen-bond acceptors (Lipinski definition) is 5. The molecule has 0 bridgehead atoms. The molecule has 5 nitrogen and oxygen atoms in total. The molecule has 1 aliphatic rings. The molecule has 0 spiro atoms. The van der Waals surface area contributed by atoms with Crippen molar-refractivity contribution in [2.75, 3.05) is 5.75 Å². The van der Waals surface area contributed by atoms with Gasteiger partial charge < -0.3 is 4.57 Å². The average Bonchev–Trinajstić information content (AvgIpc) is 2.73. The van der Waals surface area contributed by atoms with E-state index in [2.05, 4.69) is 20.2 Å². The highest BCUT2D eigenvalue weighted by molar-refractivity contribution is 7.99. The van der Waals surface area contributed by atoms with E-state index in [9.17, 15) is 0 Å². The van der Waals surface area contributed by atoms with Crippen LogP contribution in [-0.4, -0.2) is 30.5 Å². The van der Waals surface area contributed by atoms with E-state index >= 15 is 0 Å². The Morgan fingerprint density at radius 2 is 1.95 bits per heavy atom. The second-order valence-corrected chi connectivity index (χ2v) is 6.61. The van der Waals surface area contributed by atoms with Crippen molar-refractivity contribution in [1.82, 2.24) is 24.7 Å². The van der Waals surface area contributed by atoms with Crippen LogP contribution in [0.5, 0.6) is 0 Å². The summed E-state index contributed by atoms with van der Waals surface area (Å²) in [6.45, 7) is 0. The van der Waals surface area contributed by atoms with E-state index in [1.54, 1.807) is 18.6 Å². The average molecular weight is 303 g/mol. The highest BCUT2D eigenvalue weighted by Crippen LogP contribution is 2.29. The van der Waals surface area contributed by atoms with Crippen molar-refractivity contribution in [1.29, 1.82) is 0 Å². The molecule has 112 valence electrons. The van der Waals surface area contributed by atoms with E-state index in [0.29, 0.717) is 0 Å². The first-order valence-electron chi connectivity index (χ1n) is 7.63. The minimum atomic E-state index is 0.772. The quantitative estimate of drug-likeness (QED) is 0.640. The van der Waals surface area contributed by atoms with Crippen LogP contribution in [-0.2, 0) is 7.05 Å². The summed E-state index contributed by atoms with van der Waals surface area (Å²) in [6, 6.07) is 0. The maximum absolute atomic E-state index is 4.31. The van der Waals surface area contributed by atoms with E-state index in [1.165, 1.54) is 38.5 Å². The van der Waals surface area contributed by atoms with Crippen LogP contribution in [0.2, 0.25) is 0 Å². The van der Waals surface area contributed by atoms with Crippen LogP contribution in [0.3, 0.4) is 0 Å². The lowest BCUT2D eigenvalue weighted by Gasteiger charge is -2.12. The number of hydrogen-bond donors (Lipinski definition) is 0. The first-order valence-corrected chi connectivity index (χ1v) is 8.61. The van der Waals surface area contributed by atoms with E-state index in [1.807, 2.05) is 23.4 Å². The number of rotatable bonds is 4. The van der Waals surface area contributed by atoms with Gasteiger partial charge >= 0.3 is 0 Å². The highest BCUT2D eigenvalue weighted by atomic mass is 32.2. The molecule has 1 aliphatic carbocycles. The second-order valence-electron chi connectivity index (χ2n) is 5.62. The molecule has 2 heterocycles. The summed E-state index contributed by atoms with van der Waals surface area (Å²) in [4.78, 5) is 8.38. The maximum Gasteiger partial charge on any atom is 0.191 e. The van der Waals surface area contributed by atoms with E-state index < -0.39 is 0 Å². The van der Waals surface area contributed by atoms with E-state index in [-0.39, 0.29) is 0 Å². The summed E-state index contributed by atoms with van der Waals surface area (Å²) in [5.74, 6) is 2.76. The molecule has 0 N–H and O–H groups in total. The van der Waals surface area contributed by atoms with E-state index in [0.717, 1.165) is 28.3 Å². The molecule has 0 aromatic carbocycles. The lowest BCUT2D eigenvalue weighted by molar-refractivity contribution is 0.512. The Labute approximate surface area is 129 Å². The lowest BCUT2D eigenvalue weighted by atomic mass is 10.0. The third-order valence-electron chi connectivity index (χ3n) is 4.05. The van der Waals surface area contributed by atoms with Crippen LogP contribution in [0.1, 0.15) is 38.5 Å². The van der Waals surface area contributed by atoms with E-state index in [4.69, 9.17) is 0 Å². The van der Waals surface area contributed by atoms with Crippen LogP contribution in [0.25, 0.3) is 11.5 Å². The Kier molecular flexibility index (Phi) is 4.85. The van der Waals surface area contributed by atoms with Crippen molar-refractivity contribution in [3.8, 4) is 11.5 Å². The van der Waals surface area contributed by atoms with Gasteiger partial charge in [0.05, 0.1) is 6.20 Å². The summed E-state index contributed by atoms with van der Waals surface area (Å²) in [6.07, 6.45) is 13.4. The number of thioether (sulfide) groups is 1. The van der Waals surface area contributed by atoms with Gasteiger partial charge in [0.25, 0.3) is 0 Å². The molecule has 0 unspecified atom stereocenters. The smallest absolute Gasteiger partial charge is 0.191 e. The monoisotopic (exact) mass is 303 g/mol. The summed E-state index contributed by atoms with van der Waals surface area (Å²) in [7, 11) is 2.00. The first-order chi connectivity index (χ1) is 10.3. The van der Waals surface area contributed by atoms with Gasteiger partial charge in [-0.3, -0.25) is 4.98 Å². The number of nitrogens with zero attached hydrogens (tertiary/aromatic N) is 5. The molecule has 21 heavy (non-hydrogen) atoms. The minimum Gasteiger partial charge on any atom is -0.304 e. The van der Waals surface area contributed by atoms with Crippen LogP contribution in [0.15, 0.2) is 23.7 Å². The van der Waals surface area contributed by atoms with Gasteiger partial charge in [0, 0.05) is 25.2 Å². The number of aromatic nitrogens is 5. The fraction of sp³-hybridized carbons (Fsp3) is 0.600. The third-order valence-corrected chi connectivity index (χ3v) is 5.30. The molecule has 0 amide bonds. The molecule has 0 aliphatic heterocycles. The van der Waals surface area contributed by atoms with Crippen molar-refractivity contribution >= 4 is 11.8 Å². The molecule has 0 radical (unpaired) electrons. The summed E-state index contributed by atoms with van der Waals surface area (Å²) in [5.41, 5.74) is 0.772. The largest absolute Gasteiger partial charge is 0.304 e. The Bertz CT molecular complexity index is 561. The Balaban J connectivity index is 1.65. The molecule has 0 atom stereocenters. The Morgan fingerprint density at radius 1 is 1.14 bits per heavy atom. The molecule has 1 saturated carbocycles. The normalized spacial score (nSPS) is 16.8. The second kappa shape index (κ2) is 7.02. The molecule has 3 rings (SSSR count). The highest BCUT2D eigenvalue weighted by Gasteiger charge is 2.16. The summed E-state index contributed by atoms with van der Waals surface area (Å²) >= 11 is 1.82. The first kappa shape index (κ1) is 14.5. The Hall–Kier alpha value is -1.43. The molecular formula is C15H21N5S. The van der Waals surface area contributed by atoms with Gasteiger partial charge in [-0.15, -0.1) is 10.2 Å². The third kappa shape index (κ3) is 3.61. The van der Waals surface area contributed by atoms with Crippen LogP contribution < -0.4 is 0 Å². The van der Waals surface area contributed by atoms with Gasteiger partial charge in [0.1, 0.15) is 5.69 Å². The summed E-state index contributed by atoms with van der Waals surface area (Å²) in [5, 5.41) is 9.54. The molecule has 2 aromatic rings. The van der Waals surface area contributed by atoms with Gasteiger partial charge in [0.2, 0.25) is 0 Å². The van der Waals surface area contributed by atoms with Crippen molar-refractivity contribution in [2.45, 2.75) is 43.7 Å². The Morgan fingerprint density at radius 3 is 2.67 bits per heavy atom. The van der Waals surface area contributed by atoms with Crippen LogP contribution in [0, 0.1) is 5.92 Å². The zero-order valence-electron chi connectivity index (χ0n) is 12.4. The fourth-order valence-electron chi connectivity index (χ4n) is 2.80. The van der Waals surface area contributed by atoms with Crippen molar-refractivity contribution in [3.05, 3.63) is 18.6 Å². The van der Waals surface area contributed by atoms with Crippen molar-refractivity contribution in [3.63, 3.8) is 0 Å². The molecule has 1 fully saturated rings. The zero-order chi connectivity index (χ0) is 14.5. The van der Waals surface area contributed by atoms with Gasteiger partial charge in [0.15, 0.2) is 11.0 Å². The summed E-state index contributed by atoms with van der Waals surface area (Å²) < 4.78 is 2.02. The molecular weight excluding hydrogens is 282 g/mol. The van der Waals surface area contributed by atoms with Crippen LogP contribution in [0.4, 0.5) is 0 Å². The fourth-order valence-corrected chi connectivity index (χ4v) is 3.90. The SMILES string of the molecule is Cn1c(SCC2CCCCCC2)nnc1-c1cnccn1. The topological polar surface area (TPSA) is 56.5 Å². The van der Waals surface area contributed by atoms with Gasteiger partial charge in [-0.1, -0.05) is 37.4 Å². The van der Waals surface area contributed by atoms with Crippen LogP contribution >= 0.6 is 11.8 Å².